The van der Waals surface area contributed by atoms with E-state index >= 15 is 0 Å². The Morgan fingerprint density at radius 1 is 1.30 bits per heavy atom. The Kier molecular flexibility index (Phi) is 4.92. The third kappa shape index (κ3) is 3.66. The van der Waals surface area contributed by atoms with Gasteiger partial charge in [0, 0.05) is 24.9 Å². The Hall–Kier alpha value is -3.26. The van der Waals surface area contributed by atoms with Crippen molar-refractivity contribution < 1.29 is 14.1 Å². The van der Waals surface area contributed by atoms with E-state index in [2.05, 4.69) is 15.1 Å². The summed E-state index contributed by atoms with van der Waals surface area (Å²) in [5.41, 5.74) is 2.11. The van der Waals surface area contributed by atoms with Crippen molar-refractivity contribution in [1.29, 1.82) is 0 Å². The van der Waals surface area contributed by atoms with Crippen molar-refractivity contribution in [1.82, 2.24) is 20.0 Å². The van der Waals surface area contributed by atoms with E-state index in [9.17, 15) is 4.79 Å². The third-order valence-electron chi connectivity index (χ3n) is 5.17. The fourth-order valence-corrected chi connectivity index (χ4v) is 4.59. The van der Waals surface area contributed by atoms with E-state index in [1.165, 1.54) is 0 Å². The molecule has 0 N–H and O–H groups in total. The van der Waals surface area contributed by atoms with Crippen LogP contribution in [0, 0.1) is 6.92 Å². The van der Waals surface area contributed by atoms with Crippen LogP contribution in [0.15, 0.2) is 53.2 Å². The summed E-state index contributed by atoms with van der Waals surface area (Å²) in [5.74, 6) is 1.06. The molecule has 5 rings (SSSR count). The molecule has 1 saturated heterocycles. The summed E-state index contributed by atoms with van der Waals surface area (Å²) in [6.07, 6.45) is 3.60. The normalized spacial score (nSPS) is 16.3. The predicted molar refractivity (Wildman–Crippen MR) is 112 cm³/mol. The van der Waals surface area contributed by atoms with Gasteiger partial charge >= 0.3 is 0 Å². The first-order valence-corrected chi connectivity index (χ1v) is 10.7. The summed E-state index contributed by atoms with van der Waals surface area (Å²) in [6, 6.07) is 13.2. The van der Waals surface area contributed by atoms with Crippen molar-refractivity contribution in [2.24, 2.45) is 0 Å². The molecule has 0 saturated carbocycles. The number of rotatable bonds is 5. The molecule has 1 aliphatic heterocycles. The van der Waals surface area contributed by atoms with Crippen LogP contribution in [0.1, 0.15) is 45.8 Å². The van der Waals surface area contributed by atoms with Gasteiger partial charge in [-0.15, -0.1) is 11.3 Å². The molecule has 4 aromatic rings. The second-order valence-corrected chi connectivity index (χ2v) is 8.48. The lowest BCUT2D eigenvalue weighted by molar-refractivity contribution is 0.0722. The number of amides is 1. The molecular weight excluding hydrogens is 400 g/mol. The minimum Gasteiger partial charge on any atom is -0.485 e. The van der Waals surface area contributed by atoms with Crippen LogP contribution in [-0.4, -0.2) is 32.5 Å². The average molecular weight is 420 g/mol. The van der Waals surface area contributed by atoms with Gasteiger partial charge in [0.15, 0.2) is 11.5 Å². The van der Waals surface area contributed by atoms with Crippen LogP contribution in [0.3, 0.4) is 0 Å². The highest BCUT2D eigenvalue weighted by molar-refractivity contribution is 7.18. The number of ether oxygens (including phenoxy) is 1. The number of hydrogen-bond donors (Lipinski definition) is 0. The second kappa shape index (κ2) is 7.87. The van der Waals surface area contributed by atoms with Crippen molar-refractivity contribution in [3.63, 3.8) is 0 Å². The van der Waals surface area contributed by atoms with E-state index in [1.54, 1.807) is 23.6 Å². The maximum atomic E-state index is 13.0. The number of carbonyl (C=O) groups is 1. The van der Waals surface area contributed by atoms with E-state index in [-0.39, 0.29) is 18.6 Å². The molecule has 0 unspecified atom stereocenters. The summed E-state index contributed by atoms with van der Waals surface area (Å²) >= 11 is 1.65. The molecule has 0 aliphatic carbocycles. The van der Waals surface area contributed by atoms with Crippen molar-refractivity contribution in [2.75, 3.05) is 6.54 Å². The number of hydrogen-bond acceptors (Lipinski definition) is 7. The maximum absolute atomic E-state index is 13.0. The molecular formula is C22H20N4O3S. The average Bonchev–Trinajstić information content (AvgIpc) is 3.50. The zero-order chi connectivity index (χ0) is 20.5. The largest absolute Gasteiger partial charge is 0.485 e. The molecule has 0 bridgehead atoms. The lowest BCUT2D eigenvalue weighted by Gasteiger charge is -2.23. The summed E-state index contributed by atoms with van der Waals surface area (Å²) in [7, 11) is 0. The van der Waals surface area contributed by atoms with E-state index in [0.717, 1.165) is 33.8 Å². The standard InChI is InChI=1S/C22H20N4O3S/c1-14-24-18-11-15(7-8-21(18)30-14)28-13-16-12-19(25-29-16)22(27)26-10-4-6-20(26)17-5-2-3-9-23-17/h2-3,5,7-9,11-12,20H,4,6,10,13H2,1H3/t20-/m0/s1. The van der Waals surface area contributed by atoms with E-state index in [0.29, 0.717) is 23.7 Å². The van der Waals surface area contributed by atoms with E-state index in [4.69, 9.17) is 9.26 Å². The van der Waals surface area contributed by atoms with Crippen molar-refractivity contribution in [3.05, 3.63) is 70.8 Å². The van der Waals surface area contributed by atoms with Gasteiger partial charge in [-0.1, -0.05) is 11.2 Å². The predicted octanol–water partition coefficient (Wildman–Crippen LogP) is 4.54. The van der Waals surface area contributed by atoms with Crippen molar-refractivity contribution in [3.8, 4) is 5.75 Å². The van der Waals surface area contributed by atoms with Gasteiger partial charge in [-0.3, -0.25) is 9.78 Å². The van der Waals surface area contributed by atoms with Crippen molar-refractivity contribution in [2.45, 2.75) is 32.4 Å². The SMILES string of the molecule is Cc1nc2cc(OCc3cc(C(=O)N4CCC[C@H]4c4ccccn4)no3)ccc2s1. The molecule has 1 aromatic carbocycles. The van der Waals surface area contributed by atoms with Crippen molar-refractivity contribution >= 4 is 27.5 Å². The monoisotopic (exact) mass is 420 g/mol. The highest BCUT2D eigenvalue weighted by atomic mass is 32.1. The van der Waals surface area contributed by atoms with E-state index < -0.39 is 0 Å². The van der Waals surface area contributed by atoms with Gasteiger partial charge in [-0.25, -0.2) is 4.98 Å². The highest BCUT2D eigenvalue weighted by Gasteiger charge is 2.32. The Balaban J connectivity index is 1.27. The van der Waals surface area contributed by atoms with Crippen LogP contribution in [0.4, 0.5) is 0 Å². The molecule has 1 atom stereocenters. The summed E-state index contributed by atoms with van der Waals surface area (Å²) in [4.78, 5) is 23.7. The van der Waals surface area contributed by atoms with Crippen LogP contribution in [-0.2, 0) is 6.61 Å². The number of pyridine rings is 1. The number of carbonyl (C=O) groups excluding carboxylic acids is 1. The molecule has 1 aliphatic rings. The number of fused-ring (bicyclic) bond motifs is 1. The van der Waals surface area contributed by atoms with Gasteiger partial charge in [0.2, 0.25) is 0 Å². The topological polar surface area (TPSA) is 81.4 Å². The van der Waals surface area contributed by atoms with Gasteiger partial charge in [0.05, 0.1) is 27.0 Å². The van der Waals surface area contributed by atoms with Crippen LogP contribution < -0.4 is 4.74 Å². The van der Waals surface area contributed by atoms with Crippen LogP contribution >= 0.6 is 11.3 Å². The van der Waals surface area contributed by atoms with Gasteiger partial charge in [0.1, 0.15) is 12.4 Å². The molecule has 0 spiro atoms. The third-order valence-corrected chi connectivity index (χ3v) is 6.12. The molecule has 152 valence electrons. The van der Waals surface area contributed by atoms with Gasteiger partial charge in [-0.2, -0.15) is 0 Å². The number of aryl methyl sites for hydroxylation is 1. The Morgan fingerprint density at radius 2 is 2.23 bits per heavy atom. The smallest absolute Gasteiger partial charge is 0.276 e. The number of benzene rings is 1. The molecule has 1 fully saturated rings. The maximum Gasteiger partial charge on any atom is 0.276 e. The molecule has 30 heavy (non-hydrogen) atoms. The first-order valence-electron chi connectivity index (χ1n) is 9.85. The highest BCUT2D eigenvalue weighted by Crippen LogP contribution is 2.32. The summed E-state index contributed by atoms with van der Waals surface area (Å²) < 4.78 is 12.3. The number of aromatic nitrogens is 3. The summed E-state index contributed by atoms with van der Waals surface area (Å²) in [5, 5.41) is 5.00. The van der Waals surface area contributed by atoms with Crippen LogP contribution in [0.25, 0.3) is 10.2 Å². The Bertz CT molecular complexity index is 1190. The molecule has 7 nitrogen and oxygen atoms in total. The number of thiazole rings is 1. The van der Waals surface area contributed by atoms with Gasteiger partial charge in [0.25, 0.3) is 5.91 Å². The lowest BCUT2D eigenvalue weighted by Crippen LogP contribution is -2.31. The first kappa shape index (κ1) is 18.7. The molecule has 3 aromatic heterocycles. The minimum atomic E-state index is -0.141. The Labute approximate surface area is 177 Å². The quantitative estimate of drug-likeness (QED) is 0.471. The zero-order valence-corrected chi connectivity index (χ0v) is 17.3. The fraction of sp³-hybridized carbons (Fsp3) is 0.273. The van der Waals surface area contributed by atoms with Gasteiger partial charge < -0.3 is 14.2 Å². The first-order chi connectivity index (χ1) is 14.7. The molecule has 0 radical (unpaired) electrons. The molecule has 8 heteroatoms. The zero-order valence-electron chi connectivity index (χ0n) is 16.4. The van der Waals surface area contributed by atoms with Crippen LogP contribution in [0.5, 0.6) is 5.75 Å². The number of likely N-dealkylation sites (tertiary alicyclic amines) is 1. The lowest BCUT2D eigenvalue weighted by atomic mass is 10.1. The molecule has 1 amide bonds. The van der Waals surface area contributed by atoms with E-state index in [1.807, 2.05) is 48.2 Å². The van der Waals surface area contributed by atoms with Crippen LogP contribution in [0.2, 0.25) is 0 Å². The summed E-state index contributed by atoms with van der Waals surface area (Å²) in [6.45, 7) is 2.86. The second-order valence-electron chi connectivity index (χ2n) is 7.24. The number of nitrogens with zero attached hydrogens (tertiary/aromatic N) is 4. The fourth-order valence-electron chi connectivity index (χ4n) is 3.79. The Morgan fingerprint density at radius 3 is 3.10 bits per heavy atom. The van der Waals surface area contributed by atoms with Gasteiger partial charge in [-0.05, 0) is 44.0 Å². The molecule has 4 heterocycles. The minimum absolute atomic E-state index is 0.0246.